The molecule has 0 saturated heterocycles. The second kappa shape index (κ2) is 6.15. The van der Waals surface area contributed by atoms with Crippen molar-refractivity contribution >= 4 is 6.03 Å². The molecule has 1 heterocycles. The standard InChI is InChI=1S/C11H20N4O/c1-4-5-6-12-11(16)13-8-10-7-9(2)14-15(10)3/h7H,4-6,8H2,1-3H3,(H2,12,13,16). The summed E-state index contributed by atoms with van der Waals surface area (Å²) < 4.78 is 1.78. The Kier molecular flexibility index (Phi) is 4.82. The molecule has 0 spiro atoms. The summed E-state index contributed by atoms with van der Waals surface area (Å²) in [6.45, 7) is 5.27. The summed E-state index contributed by atoms with van der Waals surface area (Å²) in [5.74, 6) is 0. The second-order valence-corrected chi connectivity index (χ2v) is 3.86. The summed E-state index contributed by atoms with van der Waals surface area (Å²) in [5, 5.41) is 9.81. The van der Waals surface area contributed by atoms with Crippen LogP contribution in [0.1, 0.15) is 31.2 Å². The summed E-state index contributed by atoms with van der Waals surface area (Å²) >= 11 is 0. The van der Waals surface area contributed by atoms with Gasteiger partial charge in [-0.15, -0.1) is 0 Å². The first-order chi connectivity index (χ1) is 7.63. The third-order valence-electron chi connectivity index (χ3n) is 2.34. The van der Waals surface area contributed by atoms with E-state index in [-0.39, 0.29) is 6.03 Å². The maximum absolute atomic E-state index is 11.4. The third-order valence-corrected chi connectivity index (χ3v) is 2.34. The van der Waals surface area contributed by atoms with Crippen LogP contribution in [0.25, 0.3) is 0 Å². The number of hydrogen-bond acceptors (Lipinski definition) is 2. The highest BCUT2D eigenvalue weighted by atomic mass is 16.2. The lowest BCUT2D eigenvalue weighted by molar-refractivity contribution is 0.240. The number of nitrogens with zero attached hydrogens (tertiary/aromatic N) is 2. The van der Waals surface area contributed by atoms with Crippen molar-refractivity contribution in [1.82, 2.24) is 20.4 Å². The number of hydrogen-bond donors (Lipinski definition) is 2. The second-order valence-electron chi connectivity index (χ2n) is 3.86. The molecule has 5 heteroatoms. The monoisotopic (exact) mass is 224 g/mol. The van der Waals surface area contributed by atoms with Gasteiger partial charge in [-0.2, -0.15) is 5.10 Å². The Morgan fingerprint density at radius 1 is 1.50 bits per heavy atom. The molecule has 5 nitrogen and oxygen atoms in total. The van der Waals surface area contributed by atoms with Gasteiger partial charge in [-0.1, -0.05) is 13.3 Å². The normalized spacial score (nSPS) is 10.2. The zero-order chi connectivity index (χ0) is 12.0. The highest BCUT2D eigenvalue weighted by Crippen LogP contribution is 2.00. The SMILES string of the molecule is CCCCNC(=O)NCc1cc(C)nn1C. The number of rotatable bonds is 5. The van der Waals surface area contributed by atoms with Crippen LogP contribution in [-0.2, 0) is 13.6 Å². The minimum atomic E-state index is -0.118. The van der Waals surface area contributed by atoms with Crippen LogP contribution in [0.5, 0.6) is 0 Å². The summed E-state index contributed by atoms with van der Waals surface area (Å²) in [4.78, 5) is 11.4. The first-order valence-electron chi connectivity index (χ1n) is 5.64. The molecule has 0 aliphatic rings. The number of unbranched alkanes of at least 4 members (excludes halogenated alkanes) is 1. The van der Waals surface area contributed by atoms with Gasteiger partial charge < -0.3 is 10.6 Å². The van der Waals surface area contributed by atoms with E-state index in [1.54, 1.807) is 4.68 Å². The Morgan fingerprint density at radius 3 is 2.81 bits per heavy atom. The molecule has 0 aliphatic carbocycles. The summed E-state index contributed by atoms with van der Waals surface area (Å²) in [5.41, 5.74) is 1.97. The average Bonchev–Trinajstić information content (AvgIpc) is 2.55. The van der Waals surface area contributed by atoms with Crippen LogP contribution in [0.2, 0.25) is 0 Å². The fraction of sp³-hybridized carbons (Fsp3) is 0.636. The Labute approximate surface area is 96.2 Å². The van der Waals surface area contributed by atoms with Crippen LogP contribution in [0.3, 0.4) is 0 Å². The van der Waals surface area contributed by atoms with Crippen LogP contribution in [0, 0.1) is 6.92 Å². The average molecular weight is 224 g/mol. The number of amides is 2. The molecule has 0 atom stereocenters. The van der Waals surface area contributed by atoms with Gasteiger partial charge in [0.15, 0.2) is 0 Å². The summed E-state index contributed by atoms with van der Waals surface area (Å²) in [7, 11) is 1.87. The van der Waals surface area contributed by atoms with E-state index in [1.807, 2.05) is 20.0 Å². The van der Waals surface area contributed by atoms with E-state index in [4.69, 9.17) is 0 Å². The molecule has 0 aliphatic heterocycles. The quantitative estimate of drug-likeness (QED) is 0.741. The van der Waals surface area contributed by atoms with E-state index in [1.165, 1.54) is 0 Å². The zero-order valence-corrected chi connectivity index (χ0v) is 10.2. The third kappa shape index (κ3) is 3.92. The number of carbonyl (C=O) groups excluding carboxylic acids is 1. The van der Waals surface area contributed by atoms with Crippen molar-refractivity contribution < 1.29 is 4.79 Å². The van der Waals surface area contributed by atoms with E-state index in [0.29, 0.717) is 6.54 Å². The van der Waals surface area contributed by atoms with Crippen molar-refractivity contribution in [2.75, 3.05) is 6.54 Å². The predicted molar refractivity (Wildman–Crippen MR) is 63.1 cm³/mol. The van der Waals surface area contributed by atoms with E-state index >= 15 is 0 Å². The molecule has 1 aromatic heterocycles. The highest BCUT2D eigenvalue weighted by Gasteiger charge is 2.03. The van der Waals surface area contributed by atoms with Gasteiger partial charge in [-0.3, -0.25) is 4.68 Å². The smallest absolute Gasteiger partial charge is 0.315 e. The molecule has 2 N–H and O–H groups in total. The van der Waals surface area contributed by atoms with Crippen molar-refractivity contribution in [2.24, 2.45) is 7.05 Å². The fourth-order valence-corrected chi connectivity index (χ4v) is 1.44. The lowest BCUT2D eigenvalue weighted by Crippen LogP contribution is -2.35. The van der Waals surface area contributed by atoms with E-state index in [0.717, 1.165) is 30.8 Å². The van der Waals surface area contributed by atoms with Crippen molar-refractivity contribution in [1.29, 1.82) is 0 Å². The minimum Gasteiger partial charge on any atom is -0.338 e. The molecule has 0 fully saturated rings. The van der Waals surface area contributed by atoms with E-state index in [9.17, 15) is 4.79 Å². The van der Waals surface area contributed by atoms with Gasteiger partial charge >= 0.3 is 6.03 Å². The number of carbonyl (C=O) groups is 1. The minimum absolute atomic E-state index is 0.118. The Hall–Kier alpha value is -1.52. The Bertz CT molecular complexity index is 346. The first-order valence-corrected chi connectivity index (χ1v) is 5.64. The van der Waals surface area contributed by atoms with Gasteiger partial charge in [0.05, 0.1) is 17.9 Å². The van der Waals surface area contributed by atoms with E-state index < -0.39 is 0 Å². The summed E-state index contributed by atoms with van der Waals surface area (Å²) in [6.07, 6.45) is 2.10. The predicted octanol–water partition coefficient (Wildman–Crippen LogP) is 1.33. The molecule has 1 rings (SSSR count). The molecule has 0 radical (unpaired) electrons. The maximum Gasteiger partial charge on any atom is 0.315 e. The number of nitrogens with one attached hydrogen (secondary N) is 2. The lowest BCUT2D eigenvalue weighted by Gasteiger charge is -2.06. The molecule has 0 saturated carbocycles. The first kappa shape index (κ1) is 12.5. The zero-order valence-electron chi connectivity index (χ0n) is 10.2. The highest BCUT2D eigenvalue weighted by molar-refractivity contribution is 5.73. The molecule has 0 bridgehead atoms. The molecular weight excluding hydrogens is 204 g/mol. The number of aryl methyl sites for hydroxylation is 2. The van der Waals surface area contributed by atoms with Gasteiger partial charge in [-0.05, 0) is 19.4 Å². The van der Waals surface area contributed by atoms with Crippen molar-refractivity contribution in [2.45, 2.75) is 33.2 Å². The molecular formula is C11H20N4O. The molecule has 90 valence electrons. The van der Waals surface area contributed by atoms with Crippen molar-refractivity contribution in [3.63, 3.8) is 0 Å². The molecule has 0 aromatic carbocycles. The number of urea groups is 1. The number of aromatic nitrogens is 2. The van der Waals surface area contributed by atoms with Crippen LogP contribution in [0.4, 0.5) is 4.79 Å². The Balaban J connectivity index is 2.29. The summed E-state index contributed by atoms with van der Waals surface area (Å²) in [6, 6.07) is 1.85. The van der Waals surface area contributed by atoms with Crippen molar-refractivity contribution in [3.8, 4) is 0 Å². The van der Waals surface area contributed by atoms with Gasteiger partial charge in [0, 0.05) is 13.6 Å². The van der Waals surface area contributed by atoms with Gasteiger partial charge in [-0.25, -0.2) is 4.79 Å². The van der Waals surface area contributed by atoms with Crippen molar-refractivity contribution in [3.05, 3.63) is 17.5 Å². The van der Waals surface area contributed by atoms with Gasteiger partial charge in [0.1, 0.15) is 0 Å². The molecule has 1 aromatic rings. The topological polar surface area (TPSA) is 59.0 Å². The van der Waals surface area contributed by atoms with Gasteiger partial charge in [0.25, 0.3) is 0 Å². The molecule has 2 amide bonds. The van der Waals surface area contributed by atoms with E-state index in [2.05, 4.69) is 22.7 Å². The molecule has 0 unspecified atom stereocenters. The van der Waals surface area contributed by atoms with Crippen LogP contribution in [0.15, 0.2) is 6.07 Å². The lowest BCUT2D eigenvalue weighted by atomic mass is 10.3. The Morgan fingerprint density at radius 2 is 2.25 bits per heavy atom. The van der Waals surface area contributed by atoms with Gasteiger partial charge in [0.2, 0.25) is 0 Å². The molecule has 16 heavy (non-hydrogen) atoms. The van der Waals surface area contributed by atoms with Crippen LogP contribution >= 0.6 is 0 Å². The largest absolute Gasteiger partial charge is 0.338 e. The van der Waals surface area contributed by atoms with Crippen LogP contribution in [-0.4, -0.2) is 22.4 Å². The fourth-order valence-electron chi connectivity index (χ4n) is 1.44. The van der Waals surface area contributed by atoms with Crippen LogP contribution < -0.4 is 10.6 Å². The maximum atomic E-state index is 11.4.